The fourth-order valence-electron chi connectivity index (χ4n) is 2.75. The maximum Gasteiger partial charge on any atom is 0.416 e. The molecule has 0 heterocycles. The normalized spacial score (nSPS) is 14.8. The van der Waals surface area contributed by atoms with Gasteiger partial charge in [-0.05, 0) is 36.4 Å². The molecule has 3 N–H and O–H groups in total. The number of benzene rings is 2. The van der Waals surface area contributed by atoms with E-state index in [0.717, 1.165) is 30.3 Å². The van der Waals surface area contributed by atoms with Crippen LogP contribution in [0, 0.1) is 0 Å². The zero-order valence-corrected chi connectivity index (χ0v) is 17.8. The fourth-order valence-corrected chi connectivity index (χ4v) is 3.36. The highest BCUT2D eigenvalue weighted by atomic mass is 35.5. The molecule has 0 saturated carbocycles. The van der Waals surface area contributed by atoms with Crippen molar-refractivity contribution in [2.75, 3.05) is 7.05 Å². The molecule has 0 bridgehead atoms. The van der Waals surface area contributed by atoms with Crippen LogP contribution < -0.4 is 10.9 Å². The molecule has 0 amide bonds. The van der Waals surface area contributed by atoms with Crippen LogP contribution in [0.25, 0.3) is 6.08 Å². The third-order valence-corrected chi connectivity index (χ3v) is 5.35. The third-order valence-electron chi connectivity index (χ3n) is 4.16. The van der Waals surface area contributed by atoms with Crippen molar-refractivity contribution in [1.82, 2.24) is 10.9 Å². The molecule has 0 saturated heterocycles. The van der Waals surface area contributed by atoms with Gasteiger partial charge >= 0.3 is 12.4 Å². The summed E-state index contributed by atoms with van der Waals surface area (Å²) in [5.74, 6) is -2.20. The lowest BCUT2D eigenvalue weighted by Gasteiger charge is -2.20. The number of alkyl halides is 6. The second-order valence-corrected chi connectivity index (χ2v) is 7.51. The highest BCUT2D eigenvalue weighted by molar-refractivity contribution is 6.48. The molecule has 0 aliphatic carbocycles. The fraction of sp³-hybridized carbons (Fsp3) is 0.263. The van der Waals surface area contributed by atoms with Gasteiger partial charge in [0.25, 0.3) is 0 Å². The lowest BCUT2D eigenvalue weighted by atomic mass is 9.96. The minimum atomic E-state index is -4.85. The van der Waals surface area contributed by atoms with Crippen molar-refractivity contribution >= 4 is 40.9 Å². The summed E-state index contributed by atoms with van der Waals surface area (Å²) >= 11 is 17.4. The summed E-state index contributed by atoms with van der Waals surface area (Å²) < 4.78 is 81.0. The van der Waals surface area contributed by atoms with Gasteiger partial charge in [-0.15, -0.1) is 0 Å². The van der Waals surface area contributed by atoms with Gasteiger partial charge in [0.2, 0.25) is 0 Å². The maximum atomic E-state index is 13.6. The molecular weight excluding hydrogens is 493 g/mol. The number of hydrogen-bond acceptors (Lipinski definition) is 3. The minimum Gasteiger partial charge on any atom is -0.373 e. The molecule has 12 heteroatoms. The maximum absolute atomic E-state index is 13.6. The first kappa shape index (κ1) is 25.8. The molecule has 2 aromatic carbocycles. The van der Waals surface area contributed by atoms with E-state index in [1.54, 1.807) is 0 Å². The van der Waals surface area contributed by atoms with Crippen LogP contribution in [0.15, 0.2) is 36.4 Å². The molecule has 2 aromatic rings. The molecule has 0 fully saturated rings. The lowest BCUT2D eigenvalue weighted by Crippen LogP contribution is -2.33. The summed E-state index contributed by atoms with van der Waals surface area (Å²) in [6.07, 6.45) is -9.74. The van der Waals surface area contributed by atoms with Crippen molar-refractivity contribution in [3.63, 3.8) is 0 Å². The molecule has 170 valence electrons. The van der Waals surface area contributed by atoms with E-state index >= 15 is 0 Å². The van der Waals surface area contributed by atoms with E-state index < -0.39 is 35.6 Å². The van der Waals surface area contributed by atoms with E-state index in [4.69, 9.17) is 34.8 Å². The van der Waals surface area contributed by atoms with Crippen LogP contribution >= 0.6 is 34.8 Å². The number of nitrogens with one attached hydrogen (secondary N) is 2. The van der Waals surface area contributed by atoms with Gasteiger partial charge in [-0.3, -0.25) is 5.43 Å². The number of aliphatic hydroxyl groups excluding tert-OH is 1. The molecule has 3 nitrogen and oxygen atoms in total. The Morgan fingerprint density at radius 1 is 0.968 bits per heavy atom. The van der Waals surface area contributed by atoms with E-state index in [0.29, 0.717) is 12.1 Å². The molecule has 2 rings (SSSR count). The van der Waals surface area contributed by atoms with Crippen LogP contribution in [0.4, 0.5) is 26.3 Å². The quantitative estimate of drug-likeness (QED) is 0.176. The van der Waals surface area contributed by atoms with Gasteiger partial charge in [0, 0.05) is 5.56 Å². The van der Waals surface area contributed by atoms with Crippen molar-refractivity contribution in [3.8, 4) is 0 Å². The topological polar surface area (TPSA) is 44.3 Å². The van der Waals surface area contributed by atoms with Crippen molar-refractivity contribution < 1.29 is 31.4 Å². The molecule has 2 unspecified atom stereocenters. The van der Waals surface area contributed by atoms with Crippen LogP contribution in [0.3, 0.4) is 0 Å². The van der Waals surface area contributed by atoms with Crippen molar-refractivity contribution in [2.24, 2.45) is 0 Å². The van der Waals surface area contributed by atoms with Crippen LogP contribution in [0.1, 0.15) is 34.4 Å². The van der Waals surface area contributed by atoms with Crippen LogP contribution in [0.5, 0.6) is 0 Å². The molecule has 0 spiro atoms. The molecule has 2 atom stereocenters. The summed E-state index contributed by atoms with van der Waals surface area (Å²) in [6.45, 7) is 0. The first-order valence-electron chi connectivity index (χ1n) is 8.46. The van der Waals surface area contributed by atoms with Gasteiger partial charge < -0.3 is 5.11 Å². The summed E-state index contributed by atoms with van der Waals surface area (Å²) in [5.41, 5.74) is 2.32. The summed E-state index contributed by atoms with van der Waals surface area (Å²) in [5, 5.41) is 9.33. The standard InChI is InChI=1S/C19H15Cl3F6N2O/c1-29-30-17(31)11-4-2-9(6-13(11)19(26,27)28)3-5-12(18(23,24)25)10-7-14(20)16(22)15(21)8-10/h2-8,12,17,29-31H,1H3/b5-3+. The second-order valence-electron chi connectivity index (χ2n) is 6.32. The highest BCUT2D eigenvalue weighted by Crippen LogP contribution is 2.41. The van der Waals surface area contributed by atoms with Crippen molar-refractivity contribution in [1.29, 1.82) is 0 Å². The van der Waals surface area contributed by atoms with Crippen LogP contribution in [0.2, 0.25) is 15.1 Å². The first-order chi connectivity index (χ1) is 14.3. The Balaban J connectivity index is 2.49. The van der Waals surface area contributed by atoms with Gasteiger partial charge in [-0.2, -0.15) is 26.3 Å². The molecule has 0 aromatic heterocycles. The number of hydrogen-bond donors (Lipinski definition) is 3. The highest BCUT2D eigenvalue weighted by Gasteiger charge is 2.39. The Hall–Kier alpha value is -1.49. The predicted molar refractivity (Wildman–Crippen MR) is 108 cm³/mol. The summed E-state index contributed by atoms with van der Waals surface area (Å²) in [4.78, 5) is 0. The van der Waals surface area contributed by atoms with E-state index in [1.165, 1.54) is 7.05 Å². The third kappa shape index (κ3) is 6.50. The van der Waals surface area contributed by atoms with E-state index in [-0.39, 0.29) is 26.2 Å². The van der Waals surface area contributed by atoms with Gasteiger partial charge in [0.1, 0.15) is 6.23 Å². The van der Waals surface area contributed by atoms with Crippen LogP contribution in [-0.2, 0) is 6.18 Å². The summed E-state index contributed by atoms with van der Waals surface area (Å²) in [7, 11) is 1.35. The Morgan fingerprint density at radius 3 is 2.03 bits per heavy atom. The van der Waals surface area contributed by atoms with Crippen molar-refractivity contribution in [2.45, 2.75) is 24.5 Å². The molecule has 0 aliphatic rings. The van der Waals surface area contributed by atoms with Gasteiger partial charge in [0.15, 0.2) is 0 Å². The lowest BCUT2D eigenvalue weighted by molar-refractivity contribution is -0.140. The average Bonchev–Trinajstić information content (AvgIpc) is 2.64. The SMILES string of the molecule is CNNC(O)c1ccc(/C=C/C(c2cc(Cl)c(Cl)c(Cl)c2)C(F)(F)F)cc1C(F)(F)F. The van der Waals surface area contributed by atoms with Gasteiger partial charge in [-0.1, -0.05) is 59.1 Å². The number of halogens is 9. The molecule has 31 heavy (non-hydrogen) atoms. The average molecular weight is 508 g/mol. The van der Waals surface area contributed by atoms with Crippen molar-refractivity contribution in [3.05, 3.63) is 73.7 Å². The largest absolute Gasteiger partial charge is 0.416 e. The molecule has 0 radical (unpaired) electrons. The summed E-state index contributed by atoms with van der Waals surface area (Å²) in [6, 6.07) is 4.74. The van der Waals surface area contributed by atoms with Crippen LogP contribution in [-0.4, -0.2) is 18.3 Å². The Morgan fingerprint density at radius 2 is 1.55 bits per heavy atom. The zero-order valence-electron chi connectivity index (χ0n) is 15.5. The monoisotopic (exact) mass is 506 g/mol. The molecular formula is C19H15Cl3F6N2O. The second kappa shape index (κ2) is 9.97. The zero-order chi connectivity index (χ0) is 23.6. The number of rotatable bonds is 6. The van der Waals surface area contributed by atoms with E-state index in [1.807, 2.05) is 0 Å². The van der Waals surface area contributed by atoms with E-state index in [9.17, 15) is 31.4 Å². The smallest absolute Gasteiger partial charge is 0.373 e. The molecule has 0 aliphatic heterocycles. The predicted octanol–water partition coefficient (Wildman–Crippen LogP) is 6.74. The number of allylic oxidation sites excluding steroid dienone is 1. The Bertz CT molecular complexity index is 940. The van der Waals surface area contributed by atoms with Gasteiger partial charge in [-0.25, -0.2) is 5.43 Å². The number of aliphatic hydroxyl groups is 1. The Kier molecular flexibility index (Phi) is 8.29. The Labute approximate surface area is 188 Å². The minimum absolute atomic E-state index is 0.115. The first-order valence-corrected chi connectivity index (χ1v) is 9.60. The van der Waals surface area contributed by atoms with Gasteiger partial charge in [0.05, 0.1) is 26.5 Å². The van der Waals surface area contributed by atoms with E-state index in [2.05, 4.69) is 10.9 Å². The number of hydrazine groups is 1.